The largest absolute Gasteiger partial charge is 0.444 e. The van der Waals surface area contributed by atoms with Crippen molar-refractivity contribution in [2.24, 2.45) is 0 Å². The molecule has 2 amide bonds. The van der Waals surface area contributed by atoms with Crippen LogP contribution < -0.4 is 4.90 Å². The second-order valence-corrected chi connectivity index (χ2v) is 14.8. The van der Waals surface area contributed by atoms with Gasteiger partial charge in [-0.2, -0.15) is 0 Å². The lowest BCUT2D eigenvalue weighted by Crippen LogP contribution is -2.50. The number of ether oxygens (including phenoxy) is 2. The SMILES string of the molecule is Brc1cccc2ccccc12.CC(C)(C)OC(=O)N1CCCCC1.CC(C)(C)OC(=O)N1CCN(c2cccc3ccccc23)CC1. The normalized spacial score (nSPS) is 15.3. The number of hydrogen-bond acceptors (Lipinski definition) is 5. The molecule has 4 aromatic rings. The number of benzene rings is 4. The molecule has 7 nitrogen and oxygen atoms in total. The van der Waals surface area contributed by atoms with Crippen LogP contribution in [0.3, 0.4) is 0 Å². The van der Waals surface area contributed by atoms with E-state index in [1.807, 2.05) is 53.7 Å². The highest BCUT2D eigenvalue weighted by Crippen LogP contribution is 2.28. The zero-order chi connectivity index (χ0) is 34.0. The number of rotatable bonds is 1. The van der Waals surface area contributed by atoms with Gasteiger partial charge >= 0.3 is 12.2 Å². The molecule has 0 unspecified atom stereocenters. The second kappa shape index (κ2) is 16.4. The first kappa shape index (κ1) is 36.1. The van der Waals surface area contributed by atoms with Crippen LogP contribution >= 0.6 is 15.9 Å². The Kier molecular flexibility index (Phi) is 12.6. The first-order valence-corrected chi connectivity index (χ1v) is 17.4. The molecule has 0 saturated carbocycles. The molecule has 2 fully saturated rings. The van der Waals surface area contributed by atoms with Gasteiger partial charge in [-0.05, 0) is 89.1 Å². The lowest BCUT2D eigenvalue weighted by atomic mass is 10.1. The summed E-state index contributed by atoms with van der Waals surface area (Å²) < 4.78 is 11.9. The molecule has 0 aromatic heterocycles. The molecule has 2 aliphatic heterocycles. The maximum atomic E-state index is 12.2. The van der Waals surface area contributed by atoms with E-state index in [-0.39, 0.29) is 17.8 Å². The number of carbonyl (C=O) groups is 2. The van der Waals surface area contributed by atoms with Crippen LogP contribution in [0.2, 0.25) is 0 Å². The molecule has 0 spiro atoms. The molecule has 2 saturated heterocycles. The molecule has 0 aliphatic carbocycles. The number of nitrogens with zero attached hydrogens (tertiary/aromatic N) is 3. The predicted octanol–water partition coefficient (Wildman–Crippen LogP) is 9.91. The van der Waals surface area contributed by atoms with Crippen molar-refractivity contribution >= 4 is 55.3 Å². The first-order chi connectivity index (χ1) is 22.3. The van der Waals surface area contributed by atoms with Crippen molar-refractivity contribution in [1.29, 1.82) is 0 Å². The number of likely N-dealkylation sites (tertiary alicyclic amines) is 1. The highest BCUT2D eigenvalue weighted by Gasteiger charge is 2.26. The van der Waals surface area contributed by atoms with Gasteiger partial charge in [0.05, 0.1) is 0 Å². The van der Waals surface area contributed by atoms with Crippen LogP contribution in [0.5, 0.6) is 0 Å². The summed E-state index contributed by atoms with van der Waals surface area (Å²) in [6.07, 6.45) is 3.08. The Morgan fingerprint density at radius 1 is 0.553 bits per heavy atom. The summed E-state index contributed by atoms with van der Waals surface area (Å²) in [5.41, 5.74) is 0.435. The van der Waals surface area contributed by atoms with Gasteiger partial charge in [-0.3, -0.25) is 0 Å². The van der Waals surface area contributed by atoms with E-state index in [1.54, 1.807) is 9.80 Å². The van der Waals surface area contributed by atoms with E-state index in [1.165, 1.54) is 33.7 Å². The highest BCUT2D eigenvalue weighted by atomic mass is 79.9. The third kappa shape index (κ3) is 11.2. The number of carbonyl (C=O) groups excluding carboxylic acids is 2. The number of amides is 2. The fraction of sp³-hybridized carbons (Fsp3) is 0.436. The maximum absolute atomic E-state index is 12.2. The molecule has 8 heteroatoms. The summed E-state index contributed by atoms with van der Waals surface area (Å²) in [4.78, 5) is 29.6. The van der Waals surface area contributed by atoms with Crippen molar-refractivity contribution in [2.75, 3.05) is 44.2 Å². The topological polar surface area (TPSA) is 62.3 Å². The molecular weight excluding hydrogens is 654 g/mol. The molecule has 0 atom stereocenters. The van der Waals surface area contributed by atoms with E-state index < -0.39 is 5.60 Å². The number of fused-ring (bicyclic) bond motifs is 2. The smallest absolute Gasteiger partial charge is 0.410 e. The van der Waals surface area contributed by atoms with Crippen LogP contribution in [0.1, 0.15) is 60.8 Å². The average molecular weight is 705 g/mol. The van der Waals surface area contributed by atoms with E-state index in [0.29, 0.717) is 13.1 Å². The highest BCUT2D eigenvalue weighted by molar-refractivity contribution is 9.10. The molecule has 6 rings (SSSR count). The lowest BCUT2D eigenvalue weighted by Gasteiger charge is -2.37. The second-order valence-electron chi connectivity index (χ2n) is 13.9. The van der Waals surface area contributed by atoms with Gasteiger partial charge in [-0.15, -0.1) is 0 Å². The van der Waals surface area contributed by atoms with Gasteiger partial charge in [0.25, 0.3) is 0 Å². The standard InChI is InChI=1S/C19H24N2O2.C10H7Br.C10H19NO2/c1-19(2,3)23-18(22)21-13-11-20(12-14-21)17-10-6-8-15-7-4-5-9-16(15)17;11-10-7-3-5-8-4-1-2-6-9(8)10;1-10(2,3)13-9(12)11-7-5-4-6-8-11/h4-10H,11-14H2,1-3H3;1-7H;4-8H2,1-3H3. The van der Waals surface area contributed by atoms with Crippen LogP contribution in [0.25, 0.3) is 21.5 Å². The Bertz CT molecular complexity index is 1600. The Morgan fingerprint density at radius 2 is 1.00 bits per heavy atom. The molecule has 0 bridgehead atoms. The first-order valence-electron chi connectivity index (χ1n) is 16.6. The Morgan fingerprint density at radius 3 is 1.53 bits per heavy atom. The summed E-state index contributed by atoms with van der Waals surface area (Å²) in [7, 11) is 0. The fourth-order valence-corrected chi connectivity index (χ4v) is 6.04. The third-order valence-corrected chi connectivity index (χ3v) is 8.47. The molecule has 0 radical (unpaired) electrons. The van der Waals surface area contributed by atoms with Gasteiger partial charge in [0.2, 0.25) is 0 Å². The Labute approximate surface area is 288 Å². The lowest BCUT2D eigenvalue weighted by molar-refractivity contribution is 0.0212. The fourth-order valence-electron chi connectivity index (χ4n) is 5.53. The van der Waals surface area contributed by atoms with Crippen LogP contribution in [0, 0.1) is 0 Å². The Balaban J connectivity index is 0.000000176. The molecule has 0 N–H and O–H groups in total. The van der Waals surface area contributed by atoms with Gasteiger partial charge in [0.15, 0.2) is 0 Å². The summed E-state index contributed by atoms with van der Waals surface area (Å²) in [5, 5.41) is 5.07. The molecule has 2 aliphatic rings. The van der Waals surface area contributed by atoms with E-state index in [4.69, 9.17) is 9.47 Å². The van der Waals surface area contributed by atoms with Crippen molar-refractivity contribution in [3.05, 3.63) is 89.4 Å². The summed E-state index contributed by atoms with van der Waals surface area (Å²) in [6, 6.07) is 29.4. The predicted molar refractivity (Wildman–Crippen MR) is 197 cm³/mol. The van der Waals surface area contributed by atoms with E-state index in [0.717, 1.165) is 43.5 Å². The van der Waals surface area contributed by atoms with Gasteiger partial charge in [0.1, 0.15) is 11.2 Å². The van der Waals surface area contributed by atoms with E-state index in [2.05, 4.69) is 93.6 Å². The number of piperazine rings is 1. The molecule has 4 aromatic carbocycles. The van der Waals surface area contributed by atoms with Crippen LogP contribution in [0.4, 0.5) is 15.3 Å². The van der Waals surface area contributed by atoms with Crippen molar-refractivity contribution in [1.82, 2.24) is 9.80 Å². The summed E-state index contributed by atoms with van der Waals surface area (Å²) in [6.45, 7) is 16.1. The minimum Gasteiger partial charge on any atom is -0.444 e. The monoisotopic (exact) mass is 703 g/mol. The van der Waals surface area contributed by atoms with Crippen molar-refractivity contribution in [2.45, 2.75) is 72.0 Å². The van der Waals surface area contributed by atoms with Gasteiger partial charge in [-0.1, -0.05) is 88.7 Å². The van der Waals surface area contributed by atoms with Crippen LogP contribution in [-0.2, 0) is 9.47 Å². The van der Waals surface area contributed by atoms with Crippen molar-refractivity contribution in [3.63, 3.8) is 0 Å². The quantitative estimate of drug-likeness (QED) is 0.198. The molecule has 2 heterocycles. The minimum absolute atomic E-state index is 0.160. The van der Waals surface area contributed by atoms with Crippen LogP contribution in [-0.4, -0.2) is 72.5 Å². The zero-order valence-corrected chi connectivity index (χ0v) is 30.4. The maximum Gasteiger partial charge on any atom is 0.410 e. The number of hydrogen-bond donors (Lipinski definition) is 0. The van der Waals surface area contributed by atoms with Crippen LogP contribution in [0.15, 0.2) is 89.4 Å². The van der Waals surface area contributed by atoms with E-state index in [9.17, 15) is 9.59 Å². The number of piperidine rings is 1. The molecule has 252 valence electrons. The zero-order valence-electron chi connectivity index (χ0n) is 28.8. The molecule has 47 heavy (non-hydrogen) atoms. The van der Waals surface area contributed by atoms with Gasteiger partial charge < -0.3 is 24.2 Å². The minimum atomic E-state index is -0.441. The summed E-state index contributed by atoms with van der Waals surface area (Å²) >= 11 is 3.50. The van der Waals surface area contributed by atoms with Crippen molar-refractivity contribution in [3.8, 4) is 0 Å². The van der Waals surface area contributed by atoms with Crippen molar-refractivity contribution < 1.29 is 19.1 Å². The summed E-state index contributed by atoms with van der Waals surface area (Å²) in [5.74, 6) is 0. The average Bonchev–Trinajstić information content (AvgIpc) is 3.04. The number of anilines is 1. The van der Waals surface area contributed by atoms with E-state index >= 15 is 0 Å². The number of halogens is 1. The van der Waals surface area contributed by atoms with Gasteiger partial charge in [0, 0.05) is 54.8 Å². The third-order valence-electron chi connectivity index (χ3n) is 7.78. The van der Waals surface area contributed by atoms with Gasteiger partial charge in [-0.25, -0.2) is 9.59 Å². The molecular formula is C39H50BrN3O4. The Hall–Kier alpha value is -3.78.